The van der Waals surface area contributed by atoms with Crippen LogP contribution in [-0.2, 0) is 10.0 Å². The van der Waals surface area contributed by atoms with E-state index in [1.54, 1.807) is 19.1 Å². The van der Waals surface area contributed by atoms with Crippen LogP contribution in [0.4, 0.5) is 0 Å². The van der Waals surface area contributed by atoms with Crippen LogP contribution < -0.4 is 10.6 Å². The van der Waals surface area contributed by atoms with Crippen molar-refractivity contribution in [3.63, 3.8) is 0 Å². The fraction of sp³-hybridized carbons (Fsp3) is 0.0667. The Bertz CT molecular complexity index is 909. The lowest BCUT2D eigenvalue weighted by Crippen LogP contribution is -2.20. The molecule has 126 valence electrons. The van der Waals surface area contributed by atoms with E-state index in [4.69, 9.17) is 16.7 Å². The van der Waals surface area contributed by atoms with Crippen LogP contribution in [0, 0.1) is 0 Å². The van der Waals surface area contributed by atoms with Gasteiger partial charge < -0.3 is 5.11 Å². The summed E-state index contributed by atoms with van der Waals surface area (Å²) in [7, 11) is -4.04. The number of benzene rings is 2. The van der Waals surface area contributed by atoms with Crippen molar-refractivity contribution in [1.29, 1.82) is 0 Å². The number of hydrazone groups is 1. The summed E-state index contributed by atoms with van der Waals surface area (Å²) in [6, 6.07) is 9.98. The van der Waals surface area contributed by atoms with Gasteiger partial charge in [-0.25, -0.2) is 19.0 Å². The van der Waals surface area contributed by atoms with E-state index in [9.17, 15) is 18.3 Å². The van der Waals surface area contributed by atoms with Gasteiger partial charge in [0.15, 0.2) is 0 Å². The normalized spacial score (nSPS) is 12.0. The van der Waals surface area contributed by atoms with E-state index in [2.05, 4.69) is 10.5 Å². The topological polar surface area (TPSA) is 122 Å². The number of aromatic hydroxyl groups is 1. The zero-order valence-electron chi connectivity index (χ0n) is 12.5. The molecule has 0 unspecified atom stereocenters. The second-order valence-electron chi connectivity index (χ2n) is 4.88. The van der Waals surface area contributed by atoms with Crippen LogP contribution in [0.15, 0.2) is 52.5 Å². The number of carbonyl (C=O) groups excluding carboxylic acids is 1. The Morgan fingerprint density at radius 1 is 1.17 bits per heavy atom. The molecule has 0 saturated heterocycles. The highest BCUT2D eigenvalue weighted by molar-refractivity contribution is 7.89. The molecule has 1 amide bonds. The summed E-state index contributed by atoms with van der Waals surface area (Å²) in [4.78, 5) is 11.8. The fourth-order valence-corrected chi connectivity index (χ4v) is 2.90. The quantitative estimate of drug-likeness (QED) is 0.563. The Labute approximate surface area is 143 Å². The van der Waals surface area contributed by atoms with Crippen molar-refractivity contribution in [1.82, 2.24) is 5.43 Å². The Kier molecular flexibility index (Phi) is 5.23. The predicted molar refractivity (Wildman–Crippen MR) is 90.6 cm³/mol. The average Bonchev–Trinajstić information content (AvgIpc) is 2.52. The Hall–Kier alpha value is -2.42. The summed E-state index contributed by atoms with van der Waals surface area (Å²) in [6.07, 6.45) is 0. The first kappa shape index (κ1) is 17.9. The average molecular weight is 368 g/mol. The standard InChI is InChI=1S/C15H14ClN3O4S/c1-9(10-2-5-12(20)6-3-10)18-19-15(21)11-4-7-13(16)14(8-11)24(17,22)23/h2-8,20H,1H3,(H,19,21)(H2,17,22,23)/b18-9+. The SMILES string of the molecule is C/C(=N\NC(=O)c1ccc(Cl)c(S(N)(=O)=O)c1)c1ccc(O)cc1. The van der Waals surface area contributed by atoms with E-state index in [0.717, 1.165) is 6.07 Å². The Balaban J connectivity index is 2.21. The van der Waals surface area contributed by atoms with Crippen LogP contribution in [-0.4, -0.2) is 25.1 Å². The van der Waals surface area contributed by atoms with Gasteiger partial charge in [-0.05, 0) is 55.0 Å². The second kappa shape index (κ2) is 7.00. The molecule has 0 saturated carbocycles. The van der Waals surface area contributed by atoms with Gasteiger partial charge in [-0.15, -0.1) is 0 Å². The van der Waals surface area contributed by atoms with Crippen LogP contribution in [0.2, 0.25) is 5.02 Å². The third-order valence-electron chi connectivity index (χ3n) is 3.11. The number of hydrogen-bond donors (Lipinski definition) is 3. The first-order chi connectivity index (χ1) is 11.2. The maximum Gasteiger partial charge on any atom is 0.271 e. The summed E-state index contributed by atoms with van der Waals surface area (Å²) >= 11 is 5.77. The molecule has 0 aromatic heterocycles. The number of carbonyl (C=O) groups is 1. The summed E-state index contributed by atoms with van der Waals surface area (Å²) in [5, 5.41) is 18.1. The molecule has 9 heteroatoms. The van der Waals surface area contributed by atoms with Gasteiger partial charge in [0.1, 0.15) is 10.6 Å². The number of nitrogens with one attached hydrogen (secondary N) is 1. The highest BCUT2D eigenvalue weighted by Gasteiger charge is 2.16. The van der Waals surface area contributed by atoms with Crippen LogP contribution in [0.3, 0.4) is 0 Å². The first-order valence-corrected chi connectivity index (χ1v) is 8.57. The van der Waals surface area contributed by atoms with Gasteiger partial charge in [0.2, 0.25) is 10.0 Å². The van der Waals surface area contributed by atoms with E-state index in [1.807, 2.05) is 0 Å². The molecule has 2 aromatic rings. The number of rotatable bonds is 4. The second-order valence-corrected chi connectivity index (χ2v) is 6.81. The maximum atomic E-state index is 12.1. The van der Waals surface area contributed by atoms with E-state index in [0.29, 0.717) is 11.3 Å². The van der Waals surface area contributed by atoms with Gasteiger partial charge in [-0.3, -0.25) is 4.79 Å². The summed E-state index contributed by atoms with van der Waals surface area (Å²) < 4.78 is 22.8. The molecule has 0 bridgehead atoms. The fourth-order valence-electron chi connectivity index (χ4n) is 1.83. The largest absolute Gasteiger partial charge is 0.508 e. The van der Waals surface area contributed by atoms with Crippen LogP contribution >= 0.6 is 11.6 Å². The molecule has 4 N–H and O–H groups in total. The maximum absolute atomic E-state index is 12.1. The monoisotopic (exact) mass is 367 g/mol. The number of nitrogens with two attached hydrogens (primary N) is 1. The van der Waals surface area contributed by atoms with E-state index in [1.165, 1.54) is 24.3 Å². The summed E-state index contributed by atoms with van der Waals surface area (Å²) in [5.74, 6) is -0.498. The van der Waals surface area contributed by atoms with Gasteiger partial charge in [-0.1, -0.05) is 11.6 Å². The number of phenolic OH excluding ortho intramolecular Hbond substituents is 1. The predicted octanol–water partition coefficient (Wildman–Crippen LogP) is 1.85. The lowest BCUT2D eigenvalue weighted by atomic mass is 10.1. The van der Waals surface area contributed by atoms with E-state index in [-0.39, 0.29) is 21.2 Å². The number of hydrogen-bond acceptors (Lipinski definition) is 5. The Morgan fingerprint density at radius 2 is 1.75 bits per heavy atom. The number of halogens is 1. The molecular weight excluding hydrogens is 354 g/mol. The van der Waals surface area contributed by atoms with Crippen molar-refractivity contribution in [2.75, 3.05) is 0 Å². The minimum atomic E-state index is -4.04. The zero-order chi connectivity index (χ0) is 17.9. The number of primary sulfonamides is 1. The summed E-state index contributed by atoms with van der Waals surface area (Å²) in [5.41, 5.74) is 3.57. The molecule has 0 aliphatic carbocycles. The smallest absolute Gasteiger partial charge is 0.271 e. The number of amides is 1. The molecule has 0 radical (unpaired) electrons. The third kappa shape index (κ3) is 4.31. The lowest BCUT2D eigenvalue weighted by molar-refractivity contribution is 0.0954. The minimum Gasteiger partial charge on any atom is -0.508 e. The molecule has 0 aliphatic heterocycles. The van der Waals surface area contributed by atoms with Crippen molar-refractivity contribution >= 4 is 33.2 Å². The third-order valence-corrected chi connectivity index (χ3v) is 4.50. The molecule has 0 spiro atoms. The van der Waals surface area contributed by atoms with Gasteiger partial charge in [0.05, 0.1) is 10.7 Å². The van der Waals surface area contributed by atoms with Crippen molar-refractivity contribution < 1.29 is 18.3 Å². The molecule has 7 nitrogen and oxygen atoms in total. The van der Waals surface area contributed by atoms with Crippen LogP contribution in [0.5, 0.6) is 5.75 Å². The van der Waals surface area contributed by atoms with Crippen molar-refractivity contribution in [3.8, 4) is 5.75 Å². The molecule has 0 heterocycles. The van der Waals surface area contributed by atoms with Gasteiger partial charge in [0.25, 0.3) is 5.91 Å². The van der Waals surface area contributed by atoms with E-state index < -0.39 is 15.9 Å². The highest BCUT2D eigenvalue weighted by atomic mass is 35.5. The van der Waals surface area contributed by atoms with Gasteiger partial charge in [0, 0.05) is 5.56 Å². The van der Waals surface area contributed by atoms with Crippen molar-refractivity contribution in [2.45, 2.75) is 11.8 Å². The molecule has 0 fully saturated rings. The number of phenols is 1. The summed E-state index contributed by atoms with van der Waals surface area (Å²) in [6.45, 7) is 1.67. The molecule has 2 rings (SSSR count). The highest BCUT2D eigenvalue weighted by Crippen LogP contribution is 2.21. The number of nitrogens with zero attached hydrogens (tertiary/aromatic N) is 1. The zero-order valence-corrected chi connectivity index (χ0v) is 14.1. The van der Waals surface area contributed by atoms with Crippen molar-refractivity contribution in [2.24, 2.45) is 10.2 Å². The number of sulfonamides is 1. The van der Waals surface area contributed by atoms with Crippen LogP contribution in [0.25, 0.3) is 0 Å². The Morgan fingerprint density at radius 3 is 2.33 bits per heavy atom. The van der Waals surface area contributed by atoms with Crippen molar-refractivity contribution in [3.05, 3.63) is 58.6 Å². The molecule has 2 aromatic carbocycles. The lowest BCUT2D eigenvalue weighted by Gasteiger charge is -2.06. The minimum absolute atomic E-state index is 0.0469. The first-order valence-electron chi connectivity index (χ1n) is 6.65. The molecular formula is C15H14ClN3O4S. The molecule has 24 heavy (non-hydrogen) atoms. The van der Waals surface area contributed by atoms with Crippen LogP contribution in [0.1, 0.15) is 22.8 Å². The molecule has 0 aliphatic rings. The van der Waals surface area contributed by atoms with Gasteiger partial charge >= 0.3 is 0 Å². The van der Waals surface area contributed by atoms with E-state index >= 15 is 0 Å². The molecule has 0 atom stereocenters. The van der Waals surface area contributed by atoms with Gasteiger partial charge in [-0.2, -0.15) is 5.10 Å².